The van der Waals surface area contributed by atoms with Crippen molar-refractivity contribution in [3.8, 4) is 0 Å². The van der Waals surface area contributed by atoms with Crippen LogP contribution in [0.15, 0.2) is 24.3 Å². The average Bonchev–Trinajstić information content (AvgIpc) is 2.27. The Labute approximate surface area is 115 Å². The maximum atomic E-state index is 11.7. The van der Waals surface area contributed by atoms with Gasteiger partial charge in [-0.2, -0.15) is 0 Å². The lowest BCUT2D eigenvalue weighted by Crippen LogP contribution is -2.34. The third-order valence-electron chi connectivity index (χ3n) is 2.28. The molecule has 1 aromatic carbocycles. The number of alkyl halides is 2. The smallest absolute Gasteiger partial charge is 0.247 e. The van der Waals surface area contributed by atoms with Gasteiger partial charge in [-0.1, -0.05) is 53.9 Å². The molecule has 0 fully saturated rings. The molecule has 7 heteroatoms. The quantitative estimate of drug-likeness (QED) is 0.869. The Morgan fingerprint density at radius 3 is 2.47 bits per heavy atom. The van der Waals surface area contributed by atoms with E-state index in [1.807, 2.05) is 0 Å². The maximum Gasteiger partial charge on any atom is 0.247 e. The topological polar surface area (TPSA) is 54.4 Å². The molecule has 0 saturated carbocycles. The molecule has 17 heavy (non-hydrogen) atoms. The predicted molar refractivity (Wildman–Crippen MR) is 70.3 cm³/mol. The lowest BCUT2D eigenvalue weighted by atomic mass is 10.1. The number of sulfone groups is 1. The summed E-state index contributed by atoms with van der Waals surface area (Å²) in [5, 5.41) is 10.3. The fraction of sp³-hybridized carbons (Fsp3) is 0.400. The lowest BCUT2D eigenvalue weighted by Gasteiger charge is -2.25. The Morgan fingerprint density at radius 1 is 1.41 bits per heavy atom. The van der Waals surface area contributed by atoms with Crippen LogP contribution in [0.5, 0.6) is 0 Å². The van der Waals surface area contributed by atoms with Gasteiger partial charge < -0.3 is 5.11 Å². The molecule has 0 aliphatic heterocycles. The van der Waals surface area contributed by atoms with Gasteiger partial charge in [0.25, 0.3) is 0 Å². The van der Waals surface area contributed by atoms with Crippen molar-refractivity contribution in [2.75, 3.05) is 5.75 Å². The number of hydrogen-bond donors (Lipinski definition) is 1. The monoisotopic (exact) mass is 316 g/mol. The van der Waals surface area contributed by atoms with E-state index in [0.29, 0.717) is 5.02 Å². The molecule has 3 nitrogen and oxygen atoms in total. The van der Waals surface area contributed by atoms with Crippen molar-refractivity contribution in [3.05, 3.63) is 34.9 Å². The van der Waals surface area contributed by atoms with E-state index >= 15 is 0 Å². The van der Waals surface area contributed by atoms with Gasteiger partial charge in [-0.3, -0.25) is 0 Å². The molecule has 0 spiro atoms. The van der Waals surface area contributed by atoms with Crippen molar-refractivity contribution < 1.29 is 13.5 Å². The molecule has 0 saturated heterocycles. The van der Waals surface area contributed by atoms with E-state index in [2.05, 4.69) is 0 Å². The molecule has 0 heterocycles. The van der Waals surface area contributed by atoms with Crippen LogP contribution < -0.4 is 0 Å². The van der Waals surface area contributed by atoms with Crippen LogP contribution >= 0.6 is 34.8 Å². The van der Waals surface area contributed by atoms with Gasteiger partial charge in [0.1, 0.15) is 6.10 Å². The molecule has 1 aromatic rings. The van der Waals surface area contributed by atoms with Crippen molar-refractivity contribution in [1.29, 1.82) is 0 Å². The highest BCUT2D eigenvalue weighted by atomic mass is 35.5. The molecule has 0 unspecified atom stereocenters. The number of aliphatic hydroxyl groups excluding tert-OH is 1. The molecule has 1 atom stereocenters. The van der Waals surface area contributed by atoms with Crippen molar-refractivity contribution in [2.45, 2.75) is 16.7 Å². The first-order chi connectivity index (χ1) is 7.72. The predicted octanol–water partition coefficient (Wildman–Crippen LogP) is 2.94. The molecule has 0 aliphatic carbocycles. The molecule has 0 bridgehead atoms. The first-order valence-electron chi connectivity index (χ1n) is 4.76. The lowest BCUT2D eigenvalue weighted by molar-refractivity contribution is 0.181. The van der Waals surface area contributed by atoms with Gasteiger partial charge in [-0.05, 0) is 17.7 Å². The Bertz CT molecular complexity index is 499. The fourth-order valence-corrected chi connectivity index (χ4v) is 3.20. The third kappa shape index (κ3) is 3.06. The van der Waals surface area contributed by atoms with Crippen LogP contribution in [0.1, 0.15) is 18.6 Å². The van der Waals surface area contributed by atoms with Crippen LogP contribution in [0.4, 0.5) is 0 Å². The largest absolute Gasteiger partial charge is 0.384 e. The molecule has 1 rings (SSSR count). The minimum atomic E-state index is -3.82. The van der Waals surface area contributed by atoms with Crippen LogP contribution in [0.2, 0.25) is 5.02 Å². The van der Waals surface area contributed by atoms with Gasteiger partial charge in [0.15, 0.2) is 9.84 Å². The number of rotatable bonds is 4. The average molecular weight is 318 g/mol. The van der Waals surface area contributed by atoms with Crippen LogP contribution in [0.25, 0.3) is 0 Å². The van der Waals surface area contributed by atoms with E-state index in [4.69, 9.17) is 34.8 Å². The van der Waals surface area contributed by atoms with Crippen molar-refractivity contribution >= 4 is 44.6 Å². The van der Waals surface area contributed by atoms with Crippen molar-refractivity contribution in [2.24, 2.45) is 0 Å². The molecule has 0 radical (unpaired) electrons. The zero-order valence-electron chi connectivity index (χ0n) is 8.90. The molecular weight excluding hydrogens is 307 g/mol. The van der Waals surface area contributed by atoms with E-state index in [-0.39, 0.29) is 11.3 Å². The SMILES string of the molecule is CCS(=O)(=O)C(Cl)(Cl)[C@@H](O)c1cccc(Cl)c1. The molecule has 0 aromatic heterocycles. The second-order valence-electron chi connectivity index (χ2n) is 3.42. The van der Waals surface area contributed by atoms with E-state index in [0.717, 1.165) is 0 Å². The van der Waals surface area contributed by atoms with E-state index in [1.54, 1.807) is 12.1 Å². The van der Waals surface area contributed by atoms with Crippen molar-refractivity contribution in [3.63, 3.8) is 0 Å². The van der Waals surface area contributed by atoms with Gasteiger partial charge in [-0.25, -0.2) is 8.42 Å². The van der Waals surface area contributed by atoms with Gasteiger partial charge in [0.2, 0.25) is 3.67 Å². The van der Waals surface area contributed by atoms with Crippen LogP contribution in [0.3, 0.4) is 0 Å². The zero-order valence-corrected chi connectivity index (χ0v) is 12.0. The summed E-state index contributed by atoms with van der Waals surface area (Å²) >= 11 is 17.2. The third-order valence-corrected chi connectivity index (χ3v) is 6.15. The van der Waals surface area contributed by atoms with Crippen LogP contribution in [0, 0.1) is 0 Å². The summed E-state index contributed by atoms with van der Waals surface area (Å²) in [5.41, 5.74) is 0.250. The molecule has 0 amide bonds. The summed E-state index contributed by atoms with van der Waals surface area (Å²) in [6, 6.07) is 6.08. The number of hydrogen-bond acceptors (Lipinski definition) is 3. The summed E-state index contributed by atoms with van der Waals surface area (Å²) in [4.78, 5) is 0. The summed E-state index contributed by atoms with van der Waals surface area (Å²) < 4.78 is 21.0. The number of benzene rings is 1. The Balaban J connectivity index is 3.17. The Kier molecular flexibility index (Phi) is 4.72. The molecule has 96 valence electrons. The highest BCUT2D eigenvalue weighted by Crippen LogP contribution is 2.41. The minimum Gasteiger partial charge on any atom is -0.384 e. The van der Waals surface area contributed by atoms with Crippen molar-refractivity contribution in [1.82, 2.24) is 0 Å². The second kappa shape index (κ2) is 5.33. The fourth-order valence-electron chi connectivity index (χ4n) is 1.23. The van der Waals surface area contributed by atoms with Gasteiger partial charge >= 0.3 is 0 Å². The molecule has 1 N–H and O–H groups in total. The minimum absolute atomic E-state index is 0.250. The summed E-state index contributed by atoms with van der Waals surface area (Å²) in [5.74, 6) is -0.266. The van der Waals surface area contributed by atoms with E-state index in [1.165, 1.54) is 19.1 Å². The van der Waals surface area contributed by atoms with Gasteiger partial charge in [0, 0.05) is 5.02 Å². The van der Waals surface area contributed by atoms with Crippen LogP contribution in [-0.4, -0.2) is 22.9 Å². The van der Waals surface area contributed by atoms with E-state index in [9.17, 15) is 13.5 Å². The Hall–Kier alpha value is -0.000000000000000111. The van der Waals surface area contributed by atoms with E-state index < -0.39 is 19.6 Å². The Morgan fingerprint density at radius 2 is 2.00 bits per heavy atom. The normalized spacial score (nSPS) is 14.6. The number of halogens is 3. The summed E-state index contributed by atoms with van der Waals surface area (Å²) in [6.07, 6.45) is -1.56. The maximum absolute atomic E-state index is 11.7. The van der Waals surface area contributed by atoms with Gasteiger partial charge in [0.05, 0.1) is 5.75 Å². The second-order valence-corrected chi connectivity index (χ2v) is 8.14. The number of aliphatic hydroxyl groups is 1. The highest BCUT2D eigenvalue weighted by Gasteiger charge is 2.46. The summed E-state index contributed by atoms with van der Waals surface area (Å²) in [6.45, 7) is 1.40. The highest BCUT2D eigenvalue weighted by molar-refractivity contribution is 7.95. The zero-order chi connectivity index (χ0) is 13.3. The standard InChI is InChI=1S/C10H11Cl3O3S/c1-2-17(15,16)10(12,13)9(14)7-4-3-5-8(11)6-7/h3-6,9,14H,2H2,1H3/t9-/m0/s1. The molecule has 0 aliphatic rings. The first kappa shape index (κ1) is 15.1. The van der Waals surface area contributed by atoms with Crippen LogP contribution in [-0.2, 0) is 9.84 Å². The first-order valence-corrected chi connectivity index (χ1v) is 7.54. The summed E-state index contributed by atoms with van der Waals surface area (Å²) in [7, 11) is -3.82. The van der Waals surface area contributed by atoms with Gasteiger partial charge in [-0.15, -0.1) is 0 Å². The molecular formula is C10H11Cl3O3S.